The van der Waals surface area contributed by atoms with Crippen molar-refractivity contribution in [2.75, 3.05) is 44.6 Å². The van der Waals surface area contributed by atoms with Gasteiger partial charge in [0.05, 0.1) is 13.2 Å². The number of hydrogen-bond donors (Lipinski definition) is 2. The van der Waals surface area contributed by atoms with Crippen LogP contribution in [0, 0.1) is 6.92 Å². The molecule has 1 heterocycles. The number of nitrogens with zero attached hydrogens (tertiary/aromatic N) is 2. The maximum Gasteiger partial charge on any atom is 0.195 e. The first kappa shape index (κ1) is 22.1. The largest absolute Gasteiger partial charge is 0.490 e. The van der Waals surface area contributed by atoms with Crippen LogP contribution >= 0.6 is 24.0 Å². The number of aliphatic imine (C=N–C) groups is 1. The Labute approximate surface area is 184 Å². The molecule has 1 aliphatic heterocycles. The fourth-order valence-electron chi connectivity index (χ4n) is 2.98. The van der Waals surface area contributed by atoms with Gasteiger partial charge in [-0.2, -0.15) is 0 Å². The van der Waals surface area contributed by atoms with E-state index in [9.17, 15) is 0 Å². The molecule has 0 aliphatic carbocycles. The third-order valence-corrected chi connectivity index (χ3v) is 4.40. The molecule has 152 valence electrons. The molecular weight excluding hydrogens is 467 g/mol. The molecule has 28 heavy (non-hydrogen) atoms. The quantitative estimate of drug-likeness (QED) is 0.381. The number of nitrogens with one attached hydrogen (secondary N) is 2. The van der Waals surface area contributed by atoms with Gasteiger partial charge in [-0.05, 0) is 36.2 Å². The smallest absolute Gasteiger partial charge is 0.195 e. The first-order valence-electron chi connectivity index (χ1n) is 9.21. The van der Waals surface area contributed by atoms with E-state index in [0.717, 1.165) is 23.6 Å². The van der Waals surface area contributed by atoms with Gasteiger partial charge in [-0.15, -0.1) is 24.0 Å². The Morgan fingerprint density at radius 2 is 1.82 bits per heavy atom. The van der Waals surface area contributed by atoms with Crippen LogP contribution in [-0.4, -0.2) is 40.3 Å². The molecule has 0 radical (unpaired) electrons. The Morgan fingerprint density at radius 1 is 1.07 bits per heavy atom. The van der Waals surface area contributed by atoms with E-state index >= 15 is 0 Å². The number of aryl methyl sites for hydroxylation is 1. The number of ether oxygens (including phenoxy) is 2. The predicted octanol–water partition coefficient (Wildman–Crippen LogP) is 4.03. The van der Waals surface area contributed by atoms with E-state index in [0.29, 0.717) is 25.7 Å². The number of guanidine groups is 1. The van der Waals surface area contributed by atoms with E-state index in [1.165, 1.54) is 16.8 Å². The molecule has 0 aromatic heterocycles. The minimum absolute atomic E-state index is 0. The van der Waals surface area contributed by atoms with E-state index in [1.54, 1.807) is 7.05 Å². The van der Waals surface area contributed by atoms with Gasteiger partial charge in [-0.25, -0.2) is 0 Å². The minimum atomic E-state index is 0. The van der Waals surface area contributed by atoms with Gasteiger partial charge in [0, 0.05) is 51.5 Å². The molecule has 6 nitrogen and oxygen atoms in total. The lowest BCUT2D eigenvalue weighted by molar-refractivity contribution is 0.297. The molecule has 0 atom stereocenters. The lowest BCUT2D eigenvalue weighted by Crippen LogP contribution is -2.30. The van der Waals surface area contributed by atoms with E-state index in [-0.39, 0.29) is 24.0 Å². The van der Waals surface area contributed by atoms with Crippen molar-refractivity contribution in [2.45, 2.75) is 19.9 Å². The number of rotatable bonds is 4. The van der Waals surface area contributed by atoms with Gasteiger partial charge in [0.1, 0.15) is 0 Å². The van der Waals surface area contributed by atoms with Gasteiger partial charge < -0.3 is 25.0 Å². The van der Waals surface area contributed by atoms with Crippen molar-refractivity contribution >= 4 is 41.3 Å². The number of benzene rings is 2. The second kappa shape index (κ2) is 10.4. The van der Waals surface area contributed by atoms with Crippen molar-refractivity contribution < 1.29 is 9.47 Å². The summed E-state index contributed by atoms with van der Waals surface area (Å²) in [7, 11) is 5.88. The van der Waals surface area contributed by atoms with Crippen LogP contribution in [0.4, 0.5) is 11.4 Å². The number of halogens is 1. The second-order valence-electron chi connectivity index (χ2n) is 6.79. The average molecular weight is 496 g/mol. The molecule has 0 unspecified atom stereocenters. The first-order chi connectivity index (χ1) is 13.1. The Balaban J connectivity index is 0.00000280. The summed E-state index contributed by atoms with van der Waals surface area (Å²) in [6.45, 7) is 4.14. The minimum Gasteiger partial charge on any atom is -0.490 e. The molecule has 2 aromatic carbocycles. The molecular formula is C21H29IN4O2. The zero-order chi connectivity index (χ0) is 19.2. The summed E-state index contributed by atoms with van der Waals surface area (Å²) in [5.74, 6) is 2.26. The molecule has 0 bridgehead atoms. The Morgan fingerprint density at radius 3 is 2.54 bits per heavy atom. The first-order valence-corrected chi connectivity index (χ1v) is 9.21. The van der Waals surface area contributed by atoms with E-state index in [2.05, 4.69) is 59.7 Å². The molecule has 0 saturated heterocycles. The predicted molar refractivity (Wildman–Crippen MR) is 127 cm³/mol. The summed E-state index contributed by atoms with van der Waals surface area (Å²) in [6, 6.07) is 12.3. The van der Waals surface area contributed by atoms with Gasteiger partial charge >= 0.3 is 0 Å². The molecule has 7 heteroatoms. The van der Waals surface area contributed by atoms with Crippen LogP contribution in [0.2, 0.25) is 0 Å². The fraction of sp³-hybridized carbons (Fsp3) is 0.381. The van der Waals surface area contributed by atoms with E-state index in [4.69, 9.17) is 9.47 Å². The summed E-state index contributed by atoms with van der Waals surface area (Å²) in [4.78, 5) is 6.46. The number of anilines is 2. The highest BCUT2D eigenvalue weighted by Gasteiger charge is 2.12. The summed E-state index contributed by atoms with van der Waals surface area (Å²) in [5, 5.41) is 6.70. The Kier molecular flexibility index (Phi) is 8.22. The average Bonchev–Trinajstić information content (AvgIpc) is 2.90. The number of hydrogen-bond acceptors (Lipinski definition) is 4. The van der Waals surface area contributed by atoms with Crippen molar-refractivity contribution in [2.24, 2.45) is 4.99 Å². The number of fused-ring (bicyclic) bond motifs is 1. The molecule has 2 N–H and O–H groups in total. The molecule has 1 aliphatic rings. The van der Waals surface area contributed by atoms with Gasteiger partial charge in [-0.1, -0.05) is 12.1 Å². The fourth-order valence-corrected chi connectivity index (χ4v) is 2.98. The standard InChI is InChI=1S/C21H28N4O2.HI/c1-15-6-7-16(18(12-15)25(3)4)14-23-21(22-2)24-17-8-9-19-20(13-17)27-11-5-10-26-19;/h6-9,12-13H,5,10-11,14H2,1-4H3,(H2,22,23,24);1H. The van der Waals surface area contributed by atoms with Crippen LogP contribution in [-0.2, 0) is 6.54 Å². The lowest BCUT2D eigenvalue weighted by atomic mass is 10.1. The zero-order valence-corrected chi connectivity index (χ0v) is 19.2. The van der Waals surface area contributed by atoms with Crippen LogP contribution in [0.3, 0.4) is 0 Å². The van der Waals surface area contributed by atoms with Crippen molar-refractivity contribution in [1.82, 2.24) is 5.32 Å². The molecule has 0 amide bonds. The van der Waals surface area contributed by atoms with Crippen molar-refractivity contribution in [3.05, 3.63) is 47.5 Å². The highest BCUT2D eigenvalue weighted by atomic mass is 127. The lowest BCUT2D eigenvalue weighted by Gasteiger charge is -2.20. The van der Waals surface area contributed by atoms with Gasteiger partial charge in [0.15, 0.2) is 17.5 Å². The monoisotopic (exact) mass is 496 g/mol. The molecule has 0 saturated carbocycles. The third-order valence-electron chi connectivity index (χ3n) is 4.40. The van der Waals surface area contributed by atoms with E-state index < -0.39 is 0 Å². The third kappa shape index (κ3) is 5.67. The van der Waals surface area contributed by atoms with Crippen LogP contribution < -0.4 is 25.0 Å². The van der Waals surface area contributed by atoms with Crippen LogP contribution in [0.25, 0.3) is 0 Å². The SMILES string of the molecule is CN=C(NCc1ccc(C)cc1N(C)C)Nc1ccc2c(c1)OCCCO2.I. The maximum absolute atomic E-state index is 5.76. The Bertz CT molecular complexity index is 824. The van der Waals surface area contributed by atoms with Crippen molar-refractivity contribution in [1.29, 1.82) is 0 Å². The van der Waals surface area contributed by atoms with E-state index in [1.807, 2.05) is 18.2 Å². The molecule has 3 rings (SSSR count). The molecule has 2 aromatic rings. The highest BCUT2D eigenvalue weighted by molar-refractivity contribution is 14.0. The van der Waals surface area contributed by atoms with Gasteiger partial charge in [-0.3, -0.25) is 4.99 Å². The zero-order valence-electron chi connectivity index (χ0n) is 16.9. The summed E-state index contributed by atoms with van der Waals surface area (Å²) >= 11 is 0. The van der Waals surface area contributed by atoms with Gasteiger partial charge in [0.25, 0.3) is 0 Å². The summed E-state index contributed by atoms with van der Waals surface area (Å²) < 4.78 is 11.4. The highest BCUT2D eigenvalue weighted by Crippen LogP contribution is 2.32. The van der Waals surface area contributed by atoms with Crippen LogP contribution in [0.15, 0.2) is 41.4 Å². The van der Waals surface area contributed by atoms with Crippen molar-refractivity contribution in [3.63, 3.8) is 0 Å². The van der Waals surface area contributed by atoms with Crippen molar-refractivity contribution in [3.8, 4) is 11.5 Å². The Hall–Kier alpha value is -2.16. The van der Waals surface area contributed by atoms with Gasteiger partial charge in [0.2, 0.25) is 0 Å². The van der Waals surface area contributed by atoms with Crippen LogP contribution in [0.5, 0.6) is 11.5 Å². The molecule has 0 fully saturated rings. The summed E-state index contributed by atoms with van der Waals surface area (Å²) in [6.07, 6.45) is 0.894. The normalized spacial score (nSPS) is 13.2. The second-order valence-corrected chi connectivity index (χ2v) is 6.79. The maximum atomic E-state index is 5.76. The topological polar surface area (TPSA) is 58.1 Å². The van der Waals surface area contributed by atoms with Crippen LogP contribution in [0.1, 0.15) is 17.5 Å². The molecule has 0 spiro atoms. The summed E-state index contributed by atoms with van der Waals surface area (Å²) in [5.41, 5.74) is 4.57.